The predicted octanol–water partition coefficient (Wildman–Crippen LogP) is 1.47. The third kappa shape index (κ3) is 3.21. The molecule has 0 aliphatic carbocycles. The third-order valence-electron chi connectivity index (χ3n) is 1.60. The summed E-state index contributed by atoms with van der Waals surface area (Å²) in [4.78, 5) is -0.0973. The van der Waals surface area contributed by atoms with E-state index < -0.39 is 15.6 Å². The van der Waals surface area contributed by atoms with Crippen LogP contribution in [0.15, 0.2) is 29.2 Å². The summed E-state index contributed by atoms with van der Waals surface area (Å²) in [5.74, 6) is -0.241. The molecule has 0 aliphatic rings. The lowest BCUT2D eigenvalue weighted by Gasteiger charge is -2.20. The van der Waals surface area contributed by atoms with Crippen LogP contribution in [0.25, 0.3) is 0 Å². The molecule has 0 aromatic heterocycles. The van der Waals surface area contributed by atoms with E-state index in [9.17, 15) is 13.5 Å². The highest BCUT2D eigenvalue weighted by Gasteiger charge is 2.23. The van der Waals surface area contributed by atoms with Crippen LogP contribution in [0, 0.1) is 0 Å². The first kappa shape index (κ1) is 12.0. The number of aromatic hydroxyl groups is 1. The molecule has 2 N–H and O–H groups in total. The van der Waals surface area contributed by atoms with Crippen molar-refractivity contribution >= 4 is 10.0 Å². The van der Waals surface area contributed by atoms with Gasteiger partial charge < -0.3 is 5.11 Å². The van der Waals surface area contributed by atoms with E-state index in [1.165, 1.54) is 12.1 Å². The van der Waals surface area contributed by atoms with Crippen molar-refractivity contribution in [3.05, 3.63) is 24.3 Å². The summed E-state index contributed by atoms with van der Waals surface area (Å²) in [5.41, 5.74) is -0.568. The molecule has 1 rings (SSSR count). The monoisotopic (exact) mass is 229 g/mol. The molecule has 5 heteroatoms. The Balaban J connectivity index is 3.13. The van der Waals surface area contributed by atoms with Crippen LogP contribution in [0.2, 0.25) is 0 Å². The molecule has 15 heavy (non-hydrogen) atoms. The Morgan fingerprint density at radius 2 is 1.73 bits per heavy atom. The zero-order chi connectivity index (χ0) is 11.7. The van der Waals surface area contributed by atoms with Crippen LogP contribution in [-0.2, 0) is 10.0 Å². The van der Waals surface area contributed by atoms with Gasteiger partial charge >= 0.3 is 0 Å². The van der Waals surface area contributed by atoms with E-state index in [2.05, 4.69) is 4.72 Å². The molecule has 0 heterocycles. The molecule has 1 aromatic rings. The summed E-state index contributed by atoms with van der Waals surface area (Å²) < 4.78 is 26.1. The maximum absolute atomic E-state index is 11.8. The van der Waals surface area contributed by atoms with E-state index >= 15 is 0 Å². The summed E-state index contributed by atoms with van der Waals surface area (Å²) in [6, 6.07) is 5.85. The molecule has 0 saturated heterocycles. The highest BCUT2D eigenvalue weighted by molar-refractivity contribution is 7.89. The van der Waals surface area contributed by atoms with Gasteiger partial charge in [0, 0.05) is 5.54 Å². The first-order valence-electron chi connectivity index (χ1n) is 4.54. The highest BCUT2D eigenvalue weighted by atomic mass is 32.2. The average molecular weight is 229 g/mol. The molecule has 0 bridgehead atoms. The summed E-state index contributed by atoms with van der Waals surface area (Å²) in [6.07, 6.45) is 0. The Morgan fingerprint density at radius 3 is 2.20 bits per heavy atom. The van der Waals surface area contributed by atoms with Gasteiger partial charge in [-0.3, -0.25) is 0 Å². The number of rotatable bonds is 2. The van der Waals surface area contributed by atoms with Crippen LogP contribution in [0.4, 0.5) is 0 Å². The van der Waals surface area contributed by atoms with Gasteiger partial charge in [0.1, 0.15) is 10.6 Å². The predicted molar refractivity (Wildman–Crippen MR) is 58.2 cm³/mol. The van der Waals surface area contributed by atoms with E-state index in [1.807, 2.05) is 0 Å². The van der Waals surface area contributed by atoms with Gasteiger partial charge in [0.05, 0.1) is 0 Å². The summed E-state index contributed by atoms with van der Waals surface area (Å²) in [5, 5.41) is 9.42. The molecule has 0 atom stereocenters. The standard InChI is InChI=1S/C10H15NO3S/c1-10(2,3)11-15(13,14)9-7-5-4-6-8(9)12/h4-7,11-12H,1-3H3. The molecule has 4 nitrogen and oxygen atoms in total. The Morgan fingerprint density at radius 1 is 1.20 bits per heavy atom. The minimum absolute atomic E-state index is 0.0973. The number of sulfonamides is 1. The van der Waals surface area contributed by atoms with Crippen LogP contribution in [0.5, 0.6) is 5.75 Å². The second-order valence-corrected chi connectivity index (χ2v) is 5.97. The van der Waals surface area contributed by atoms with Gasteiger partial charge in [0.2, 0.25) is 10.0 Å². The van der Waals surface area contributed by atoms with E-state index in [0.29, 0.717) is 0 Å². The van der Waals surface area contributed by atoms with E-state index in [0.717, 1.165) is 0 Å². The minimum atomic E-state index is -3.65. The molecule has 1 aromatic carbocycles. The lowest BCUT2D eigenvalue weighted by Crippen LogP contribution is -2.40. The van der Waals surface area contributed by atoms with Gasteiger partial charge in [-0.15, -0.1) is 0 Å². The molecule has 0 unspecified atom stereocenters. The van der Waals surface area contributed by atoms with Gasteiger partial charge in [-0.2, -0.15) is 0 Å². The first-order chi connectivity index (χ1) is 6.72. The van der Waals surface area contributed by atoms with Crippen molar-refractivity contribution in [2.75, 3.05) is 0 Å². The van der Waals surface area contributed by atoms with Crippen molar-refractivity contribution in [2.45, 2.75) is 31.2 Å². The zero-order valence-corrected chi connectivity index (χ0v) is 9.80. The SMILES string of the molecule is CC(C)(C)NS(=O)(=O)c1ccccc1O. The van der Waals surface area contributed by atoms with Crippen LogP contribution >= 0.6 is 0 Å². The maximum atomic E-state index is 11.8. The van der Waals surface area contributed by atoms with Gasteiger partial charge in [-0.1, -0.05) is 12.1 Å². The van der Waals surface area contributed by atoms with E-state index in [4.69, 9.17) is 0 Å². The lowest BCUT2D eigenvalue weighted by molar-refractivity contribution is 0.452. The van der Waals surface area contributed by atoms with Crippen LogP contribution < -0.4 is 4.72 Å². The fourth-order valence-electron chi connectivity index (χ4n) is 1.14. The molecule has 0 saturated carbocycles. The molecule has 0 amide bonds. The smallest absolute Gasteiger partial charge is 0.244 e. The molecule has 0 radical (unpaired) electrons. The van der Waals surface area contributed by atoms with E-state index in [1.54, 1.807) is 32.9 Å². The van der Waals surface area contributed by atoms with Crippen molar-refractivity contribution in [2.24, 2.45) is 0 Å². The van der Waals surface area contributed by atoms with Crippen LogP contribution in [0.1, 0.15) is 20.8 Å². The first-order valence-corrected chi connectivity index (χ1v) is 6.03. The minimum Gasteiger partial charge on any atom is -0.507 e. The number of phenols is 1. The van der Waals surface area contributed by atoms with Crippen molar-refractivity contribution in [1.82, 2.24) is 4.72 Å². The Bertz CT molecular complexity index is 446. The van der Waals surface area contributed by atoms with Gasteiger partial charge in [-0.25, -0.2) is 13.1 Å². The summed E-state index contributed by atoms with van der Waals surface area (Å²) >= 11 is 0. The summed E-state index contributed by atoms with van der Waals surface area (Å²) in [6.45, 7) is 5.22. The second kappa shape index (κ2) is 3.83. The quantitative estimate of drug-likeness (QED) is 0.807. The molecule has 0 fully saturated rings. The van der Waals surface area contributed by atoms with Crippen molar-refractivity contribution in [3.8, 4) is 5.75 Å². The van der Waals surface area contributed by atoms with Crippen molar-refractivity contribution in [3.63, 3.8) is 0 Å². The number of phenolic OH excluding ortho intramolecular Hbond substituents is 1. The number of para-hydroxylation sites is 1. The molecule has 0 spiro atoms. The summed E-state index contributed by atoms with van der Waals surface area (Å²) in [7, 11) is -3.65. The topological polar surface area (TPSA) is 66.4 Å². The lowest BCUT2D eigenvalue weighted by atomic mass is 10.1. The number of benzene rings is 1. The number of hydrogen-bond donors (Lipinski definition) is 2. The largest absolute Gasteiger partial charge is 0.507 e. The number of hydrogen-bond acceptors (Lipinski definition) is 3. The molecule has 84 valence electrons. The zero-order valence-electron chi connectivity index (χ0n) is 8.98. The normalized spacial score (nSPS) is 12.7. The Kier molecular flexibility index (Phi) is 3.06. The Hall–Kier alpha value is -1.07. The molecular formula is C10H15NO3S. The average Bonchev–Trinajstić information content (AvgIpc) is 1.99. The Labute approximate surface area is 90.0 Å². The second-order valence-electron chi connectivity index (χ2n) is 4.32. The van der Waals surface area contributed by atoms with E-state index in [-0.39, 0.29) is 10.6 Å². The van der Waals surface area contributed by atoms with Gasteiger partial charge in [-0.05, 0) is 32.9 Å². The van der Waals surface area contributed by atoms with Gasteiger partial charge in [0.15, 0.2) is 0 Å². The fourth-order valence-corrected chi connectivity index (χ4v) is 2.66. The maximum Gasteiger partial charge on any atom is 0.244 e. The highest BCUT2D eigenvalue weighted by Crippen LogP contribution is 2.22. The van der Waals surface area contributed by atoms with Crippen LogP contribution in [0.3, 0.4) is 0 Å². The van der Waals surface area contributed by atoms with Crippen molar-refractivity contribution < 1.29 is 13.5 Å². The fraction of sp³-hybridized carbons (Fsp3) is 0.400. The molecule has 0 aliphatic heterocycles. The van der Waals surface area contributed by atoms with Crippen molar-refractivity contribution in [1.29, 1.82) is 0 Å². The number of nitrogens with one attached hydrogen (secondary N) is 1. The van der Waals surface area contributed by atoms with Crippen LogP contribution in [-0.4, -0.2) is 19.1 Å². The third-order valence-corrected chi connectivity index (χ3v) is 3.40. The van der Waals surface area contributed by atoms with Gasteiger partial charge in [0.25, 0.3) is 0 Å². The molecular weight excluding hydrogens is 214 g/mol.